The molecule has 162 valence electrons. The van der Waals surface area contributed by atoms with Gasteiger partial charge < -0.3 is 19.5 Å². The summed E-state index contributed by atoms with van der Waals surface area (Å²) in [6.07, 6.45) is 0.693. The number of aliphatic carboxylic acids is 1. The van der Waals surface area contributed by atoms with Gasteiger partial charge in [-0.1, -0.05) is 11.6 Å². The van der Waals surface area contributed by atoms with Gasteiger partial charge in [0.15, 0.2) is 5.75 Å². The van der Waals surface area contributed by atoms with Crippen LogP contribution in [0.1, 0.15) is 33.6 Å². The number of anilines is 1. The molecular weight excluding hydrogens is 424 g/mol. The van der Waals surface area contributed by atoms with E-state index < -0.39 is 27.3 Å². The fourth-order valence-electron chi connectivity index (χ4n) is 2.70. The van der Waals surface area contributed by atoms with Gasteiger partial charge in [-0.3, -0.25) is 9.52 Å². The number of piperidine rings is 1. The van der Waals surface area contributed by atoms with E-state index in [4.69, 9.17) is 26.2 Å². The van der Waals surface area contributed by atoms with Crippen molar-refractivity contribution in [3.63, 3.8) is 0 Å². The summed E-state index contributed by atoms with van der Waals surface area (Å²) >= 11 is 6.17. The lowest BCUT2D eigenvalue weighted by atomic mass is 10.1. The number of halogens is 1. The van der Waals surface area contributed by atoms with Crippen molar-refractivity contribution in [1.82, 2.24) is 4.90 Å². The SMILES string of the molecule is CC(C)(C)OC(=O)N1CCC(Oc2ccc(NS(=O)(=O)CC(=O)O)cc2Cl)CC1. The zero-order valence-electron chi connectivity index (χ0n) is 16.5. The van der Waals surface area contributed by atoms with Gasteiger partial charge in [0, 0.05) is 25.9 Å². The smallest absolute Gasteiger partial charge is 0.410 e. The van der Waals surface area contributed by atoms with Crippen molar-refractivity contribution in [3.8, 4) is 5.75 Å². The van der Waals surface area contributed by atoms with Crippen LogP contribution in [0.15, 0.2) is 18.2 Å². The third kappa shape index (κ3) is 7.62. The van der Waals surface area contributed by atoms with Crippen LogP contribution in [-0.2, 0) is 19.6 Å². The van der Waals surface area contributed by atoms with Gasteiger partial charge in [0.1, 0.15) is 17.5 Å². The van der Waals surface area contributed by atoms with E-state index in [1.807, 2.05) is 20.8 Å². The van der Waals surface area contributed by atoms with Crippen LogP contribution >= 0.6 is 11.6 Å². The Morgan fingerprint density at radius 2 is 1.90 bits per heavy atom. The third-order valence-corrected chi connectivity index (χ3v) is 5.38. The second kappa shape index (κ2) is 9.08. The molecule has 0 spiro atoms. The number of sulfonamides is 1. The fraction of sp³-hybridized carbons (Fsp3) is 0.556. The van der Waals surface area contributed by atoms with Crippen molar-refractivity contribution in [2.45, 2.75) is 45.3 Å². The number of hydrogen-bond donors (Lipinski definition) is 2. The zero-order valence-corrected chi connectivity index (χ0v) is 18.0. The summed E-state index contributed by atoms with van der Waals surface area (Å²) in [6, 6.07) is 4.31. The Hall–Kier alpha value is -2.20. The van der Waals surface area contributed by atoms with Crippen LogP contribution < -0.4 is 9.46 Å². The molecule has 29 heavy (non-hydrogen) atoms. The first-order chi connectivity index (χ1) is 13.3. The molecule has 2 N–H and O–H groups in total. The highest BCUT2D eigenvalue weighted by Gasteiger charge is 2.28. The summed E-state index contributed by atoms with van der Waals surface area (Å²) < 4.78 is 36.8. The van der Waals surface area contributed by atoms with E-state index in [2.05, 4.69) is 4.72 Å². The molecule has 1 aromatic carbocycles. The maximum atomic E-state index is 12.1. The average molecular weight is 449 g/mol. The monoisotopic (exact) mass is 448 g/mol. The Labute approximate surface area is 175 Å². The highest BCUT2D eigenvalue weighted by atomic mass is 35.5. The van der Waals surface area contributed by atoms with Crippen molar-refractivity contribution in [3.05, 3.63) is 23.2 Å². The van der Waals surface area contributed by atoms with E-state index in [-0.39, 0.29) is 22.9 Å². The number of carbonyl (C=O) groups excluding carboxylic acids is 1. The van der Waals surface area contributed by atoms with Gasteiger partial charge in [-0.2, -0.15) is 0 Å². The maximum absolute atomic E-state index is 12.1. The van der Waals surface area contributed by atoms with Crippen molar-refractivity contribution in [2.24, 2.45) is 0 Å². The minimum Gasteiger partial charge on any atom is -0.489 e. The number of benzene rings is 1. The Morgan fingerprint density at radius 3 is 2.41 bits per heavy atom. The molecule has 0 bridgehead atoms. The van der Waals surface area contributed by atoms with Crippen LogP contribution in [0.5, 0.6) is 5.75 Å². The summed E-state index contributed by atoms with van der Waals surface area (Å²) in [7, 11) is -4.02. The van der Waals surface area contributed by atoms with E-state index >= 15 is 0 Å². The molecule has 1 aliphatic rings. The molecule has 1 aliphatic heterocycles. The highest BCUT2D eigenvalue weighted by Crippen LogP contribution is 2.30. The van der Waals surface area contributed by atoms with Gasteiger partial charge in [0.05, 0.1) is 10.7 Å². The number of nitrogens with one attached hydrogen (secondary N) is 1. The maximum Gasteiger partial charge on any atom is 0.410 e. The number of ether oxygens (including phenoxy) is 2. The molecule has 2 rings (SSSR count). The summed E-state index contributed by atoms with van der Waals surface area (Å²) in [5.41, 5.74) is -0.408. The molecule has 0 aromatic heterocycles. The lowest BCUT2D eigenvalue weighted by Crippen LogP contribution is -2.44. The Bertz CT molecular complexity index is 859. The molecule has 11 heteroatoms. The predicted molar refractivity (Wildman–Crippen MR) is 108 cm³/mol. The number of carboxylic acid groups (broad SMARTS) is 1. The molecule has 0 aliphatic carbocycles. The Balaban J connectivity index is 1.92. The van der Waals surface area contributed by atoms with E-state index in [9.17, 15) is 18.0 Å². The molecular formula is C18H25ClN2O7S. The van der Waals surface area contributed by atoms with Crippen molar-refractivity contribution < 1.29 is 32.6 Å². The number of rotatable bonds is 6. The molecule has 1 fully saturated rings. The van der Waals surface area contributed by atoms with Crippen LogP contribution in [0.2, 0.25) is 5.02 Å². The summed E-state index contributed by atoms with van der Waals surface area (Å²) in [4.78, 5) is 24.3. The summed E-state index contributed by atoms with van der Waals surface area (Å²) in [6.45, 7) is 6.42. The van der Waals surface area contributed by atoms with E-state index in [1.165, 1.54) is 18.2 Å². The molecule has 0 radical (unpaired) electrons. The van der Waals surface area contributed by atoms with Crippen LogP contribution in [0.4, 0.5) is 10.5 Å². The lowest BCUT2D eigenvalue weighted by molar-refractivity contribution is -0.134. The first-order valence-corrected chi connectivity index (χ1v) is 11.0. The molecule has 9 nitrogen and oxygen atoms in total. The standard InChI is InChI=1S/C18H25ClN2O7S/c1-18(2,3)28-17(24)21-8-6-13(7-9-21)27-15-5-4-12(10-14(15)19)20-29(25,26)11-16(22)23/h4-5,10,13,20H,6-9,11H2,1-3H3,(H,22,23). The van der Waals surface area contributed by atoms with E-state index in [0.717, 1.165) is 0 Å². The molecule has 0 unspecified atom stereocenters. The topological polar surface area (TPSA) is 122 Å². The highest BCUT2D eigenvalue weighted by molar-refractivity contribution is 7.93. The number of hydrogen-bond acceptors (Lipinski definition) is 6. The minimum absolute atomic E-state index is 0.142. The quantitative estimate of drug-likeness (QED) is 0.685. The molecule has 0 saturated carbocycles. The van der Waals surface area contributed by atoms with Crippen LogP contribution in [0, 0.1) is 0 Å². The molecule has 1 heterocycles. The summed E-state index contributed by atoms with van der Waals surface area (Å²) in [5, 5.41) is 8.81. The van der Waals surface area contributed by atoms with E-state index in [1.54, 1.807) is 4.90 Å². The second-order valence-corrected chi connectivity index (χ2v) is 9.81. The van der Waals surface area contributed by atoms with Crippen molar-refractivity contribution >= 4 is 39.4 Å². The largest absolute Gasteiger partial charge is 0.489 e. The van der Waals surface area contributed by atoms with Crippen LogP contribution in [0.3, 0.4) is 0 Å². The first kappa shape index (κ1) is 23.1. The van der Waals surface area contributed by atoms with Gasteiger partial charge in [-0.25, -0.2) is 13.2 Å². The Kier molecular flexibility index (Phi) is 7.23. The second-order valence-electron chi connectivity index (χ2n) is 7.68. The van der Waals surface area contributed by atoms with Crippen LogP contribution in [0.25, 0.3) is 0 Å². The third-order valence-electron chi connectivity index (χ3n) is 3.91. The van der Waals surface area contributed by atoms with Crippen molar-refractivity contribution in [2.75, 3.05) is 23.6 Å². The lowest BCUT2D eigenvalue weighted by Gasteiger charge is -2.33. The van der Waals surface area contributed by atoms with Gasteiger partial charge in [0.2, 0.25) is 10.0 Å². The molecule has 1 saturated heterocycles. The van der Waals surface area contributed by atoms with Crippen molar-refractivity contribution in [1.29, 1.82) is 0 Å². The average Bonchev–Trinajstić information content (AvgIpc) is 2.54. The number of carbonyl (C=O) groups is 2. The predicted octanol–water partition coefficient (Wildman–Crippen LogP) is 2.94. The molecule has 1 aromatic rings. The van der Waals surface area contributed by atoms with Crippen LogP contribution in [-0.4, -0.2) is 61.0 Å². The first-order valence-electron chi connectivity index (χ1n) is 9.01. The summed E-state index contributed by atoms with van der Waals surface area (Å²) in [5.74, 6) is -2.12. The van der Waals surface area contributed by atoms with Gasteiger partial charge in [0.25, 0.3) is 0 Å². The van der Waals surface area contributed by atoms with E-state index in [0.29, 0.717) is 31.7 Å². The number of carboxylic acids is 1. The Morgan fingerprint density at radius 1 is 1.28 bits per heavy atom. The molecule has 0 atom stereocenters. The number of nitrogens with zero attached hydrogens (tertiary/aromatic N) is 1. The normalized spacial score (nSPS) is 15.7. The minimum atomic E-state index is -4.02. The number of amides is 1. The van der Waals surface area contributed by atoms with Gasteiger partial charge >= 0.3 is 12.1 Å². The van der Waals surface area contributed by atoms with Gasteiger partial charge in [-0.05, 0) is 39.0 Å². The van der Waals surface area contributed by atoms with Gasteiger partial charge in [-0.15, -0.1) is 0 Å². The number of likely N-dealkylation sites (tertiary alicyclic amines) is 1. The molecule has 1 amide bonds. The zero-order chi connectivity index (χ0) is 21.8. The fourth-order valence-corrected chi connectivity index (χ4v) is 3.81.